The molecule has 0 unspecified atom stereocenters. The smallest absolute Gasteiger partial charge is 0.230 e. The van der Waals surface area contributed by atoms with Crippen LogP contribution in [0.25, 0.3) is 0 Å². The summed E-state index contributed by atoms with van der Waals surface area (Å²) < 4.78 is 10.5. The van der Waals surface area contributed by atoms with Gasteiger partial charge in [0.05, 0.1) is 12.5 Å². The average Bonchev–Trinajstić information content (AvgIpc) is 3.18. The Hall–Kier alpha value is -1.55. The minimum atomic E-state index is -0.293. The molecule has 1 saturated heterocycles. The third-order valence-corrected chi connectivity index (χ3v) is 4.69. The number of nitrogens with one attached hydrogen (secondary N) is 1. The number of carbonyl (C=O) groups is 1. The molecule has 21 heavy (non-hydrogen) atoms. The maximum Gasteiger partial charge on any atom is 0.230 e. The summed E-state index contributed by atoms with van der Waals surface area (Å²) in [5, 5.41) is 3.11. The molecule has 114 valence electrons. The van der Waals surface area contributed by atoms with Gasteiger partial charge in [-0.2, -0.15) is 0 Å². The number of hydrogen-bond acceptors (Lipinski definition) is 3. The molecule has 1 N–H and O–H groups in total. The van der Waals surface area contributed by atoms with Crippen LogP contribution in [0.1, 0.15) is 31.2 Å². The minimum Gasteiger partial charge on any atom is -0.497 e. The number of benzene rings is 1. The number of carbonyl (C=O) groups excluding carboxylic acids is 1. The summed E-state index contributed by atoms with van der Waals surface area (Å²) in [5.41, 5.74) is 0.809. The van der Waals surface area contributed by atoms with Crippen molar-refractivity contribution in [1.29, 1.82) is 0 Å². The second-order valence-corrected chi connectivity index (χ2v) is 6.08. The number of amides is 1. The van der Waals surface area contributed by atoms with Gasteiger partial charge in [-0.05, 0) is 49.3 Å². The van der Waals surface area contributed by atoms with E-state index in [9.17, 15) is 4.79 Å². The maximum absolute atomic E-state index is 12.5. The van der Waals surface area contributed by atoms with Gasteiger partial charge in [0.25, 0.3) is 0 Å². The van der Waals surface area contributed by atoms with Crippen molar-refractivity contribution in [3.8, 4) is 5.75 Å². The van der Waals surface area contributed by atoms with E-state index >= 15 is 0 Å². The van der Waals surface area contributed by atoms with Gasteiger partial charge < -0.3 is 14.8 Å². The lowest BCUT2D eigenvalue weighted by Crippen LogP contribution is -2.35. The van der Waals surface area contributed by atoms with Gasteiger partial charge in [0.15, 0.2) is 0 Å². The molecule has 4 heteroatoms. The van der Waals surface area contributed by atoms with Gasteiger partial charge in [-0.25, -0.2) is 0 Å². The number of methoxy groups -OCH3 is 1. The Morgan fingerprint density at radius 2 is 2.14 bits per heavy atom. The highest BCUT2D eigenvalue weighted by molar-refractivity contribution is 5.91. The summed E-state index contributed by atoms with van der Waals surface area (Å²) in [7, 11) is 1.65. The first-order valence-electron chi connectivity index (χ1n) is 7.75. The van der Waals surface area contributed by atoms with Crippen molar-refractivity contribution in [1.82, 2.24) is 5.32 Å². The van der Waals surface area contributed by atoms with Crippen molar-refractivity contribution >= 4 is 5.91 Å². The molecule has 1 aliphatic carbocycles. The van der Waals surface area contributed by atoms with Gasteiger partial charge in [0.2, 0.25) is 5.91 Å². The predicted octanol–water partition coefficient (Wildman–Crippen LogP) is 2.27. The molecule has 1 aromatic carbocycles. The van der Waals surface area contributed by atoms with Gasteiger partial charge >= 0.3 is 0 Å². The van der Waals surface area contributed by atoms with Crippen LogP contribution in [0, 0.1) is 5.92 Å². The van der Waals surface area contributed by atoms with Gasteiger partial charge in [0.1, 0.15) is 5.75 Å². The van der Waals surface area contributed by atoms with Gasteiger partial charge in [-0.3, -0.25) is 4.79 Å². The van der Waals surface area contributed by atoms with Gasteiger partial charge in [0, 0.05) is 19.8 Å². The van der Waals surface area contributed by atoms with E-state index in [0.717, 1.165) is 56.8 Å². The molecule has 1 amide bonds. The molecule has 2 aliphatic rings. The molecule has 4 nitrogen and oxygen atoms in total. The molecular formula is C17H23NO3. The fraction of sp³-hybridized carbons (Fsp3) is 0.588. The van der Waals surface area contributed by atoms with Crippen LogP contribution in [0.5, 0.6) is 5.75 Å². The lowest BCUT2D eigenvalue weighted by Gasteiger charge is -2.17. The lowest BCUT2D eigenvalue weighted by atomic mass is 9.94. The van der Waals surface area contributed by atoms with Crippen LogP contribution in [0.2, 0.25) is 0 Å². The van der Waals surface area contributed by atoms with Crippen LogP contribution >= 0.6 is 0 Å². The second kappa shape index (κ2) is 6.06. The third-order valence-electron chi connectivity index (χ3n) is 4.69. The summed E-state index contributed by atoms with van der Waals surface area (Å²) in [6, 6.07) is 7.88. The van der Waals surface area contributed by atoms with Crippen molar-refractivity contribution in [2.45, 2.75) is 31.1 Å². The van der Waals surface area contributed by atoms with Crippen molar-refractivity contribution in [3.05, 3.63) is 29.8 Å². The fourth-order valence-electron chi connectivity index (χ4n) is 3.05. The molecule has 1 saturated carbocycles. The first-order chi connectivity index (χ1) is 10.2. The molecular weight excluding hydrogens is 266 g/mol. The molecule has 2 fully saturated rings. The Morgan fingerprint density at radius 3 is 2.71 bits per heavy atom. The molecule has 1 atom stereocenters. The first kappa shape index (κ1) is 14.4. The first-order valence-corrected chi connectivity index (χ1v) is 7.75. The van der Waals surface area contributed by atoms with Crippen LogP contribution in [-0.2, 0) is 14.9 Å². The topological polar surface area (TPSA) is 47.6 Å². The van der Waals surface area contributed by atoms with Crippen LogP contribution < -0.4 is 10.1 Å². The maximum atomic E-state index is 12.5. The van der Waals surface area contributed by atoms with E-state index in [0.29, 0.717) is 5.92 Å². The van der Waals surface area contributed by atoms with E-state index < -0.39 is 0 Å². The highest BCUT2D eigenvalue weighted by Crippen LogP contribution is 2.48. The van der Waals surface area contributed by atoms with Gasteiger partial charge in [-0.15, -0.1) is 0 Å². The standard InChI is InChI=1S/C17H23NO3/c1-20-15-4-2-14(3-5-15)17(8-9-17)16(19)18-10-6-13-7-11-21-12-13/h2-5,13H,6-12H2,1H3,(H,18,19)/t13-/m1/s1. The fourth-order valence-corrected chi connectivity index (χ4v) is 3.05. The van der Waals surface area contributed by atoms with Crippen molar-refractivity contribution in [3.63, 3.8) is 0 Å². The molecule has 0 radical (unpaired) electrons. The summed E-state index contributed by atoms with van der Waals surface area (Å²) in [5.74, 6) is 1.62. The quantitative estimate of drug-likeness (QED) is 0.874. The van der Waals surface area contributed by atoms with E-state index in [4.69, 9.17) is 9.47 Å². The van der Waals surface area contributed by atoms with Crippen LogP contribution in [0.15, 0.2) is 24.3 Å². The highest BCUT2D eigenvalue weighted by Gasteiger charge is 2.51. The highest BCUT2D eigenvalue weighted by atomic mass is 16.5. The zero-order valence-electron chi connectivity index (χ0n) is 12.6. The molecule has 1 aromatic rings. The van der Waals surface area contributed by atoms with Crippen LogP contribution in [-0.4, -0.2) is 32.8 Å². The molecule has 1 aliphatic heterocycles. The number of rotatable bonds is 6. The third kappa shape index (κ3) is 3.05. The van der Waals surface area contributed by atoms with Crippen LogP contribution in [0.4, 0.5) is 0 Å². The summed E-state index contributed by atoms with van der Waals surface area (Å²) in [6.45, 7) is 2.47. The normalized spacial score (nSPS) is 22.8. The number of ether oxygens (including phenoxy) is 2. The Balaban J connectivity index is 1.55. The largest absolute Gasteiger partial charge is 0.497 e. The lowest BCUT2D eigenvalue weighted by molar-refractivity contribution is -0.123. The van der Waals surface area contributed by atoms with E-state index in [-0.39, 0.29) is 11.3 Å². The summed E-state index contributed by atoms with van der Waals surface area (Å²) in [4.78, 5) is 12.5. The Labute approximate surface area is 125 Å². The Bertz CT molecular complexity index is 487. The van der Waals surface area contributed by atoms with Gasteiger partial charge in [-0.1, -0.05) is 12.1 Å². The monoisotopic (exact) mass is 289 g/mol. The van der Waals surface area contributed by atoms with E-state index in [1.54, 1.807) is 7.11 Å². The second-order valence-electron chi connectivity index (χ2n) is 6.08. The van der Waals surface area contributed by atoms with Crippen molar-refractivity contribution in [2.75, 3.05) is 26.9 Å². The molecule has 1 heterocycles. The van der Waals surface area contributed by atoms with Crippen molar-refractivity contribution < 1.29 is 14.3 Å². The minimum absolute atomic E-state index is 0.173. The van der Waals surface area contributed by atoms with E-state index in [2.05, 4.69) is 5.32 Å². The SMILES string of the molecule is COc1ccc(C2(C(=O)NCC[C@@H]3CCOC3)CC2)cc1. The van der Waals surface area contributed by atoms with Crippen LogP contribution in [0.3, 0.4) is 0 Å². The zero-order chi connectivity index (χ0) is 14.7. The molecule has 0 bridgehead atoms. The Kier molecular flexibility index (Phi) is 4.15. The number of hydrogen-bond donors (Lipinski definition) is 1. The predicted molar refractivity (Wildman–Crippen MR) is 80.5 cm³/mol. The van der Waals surface area contributed by atoms with Crippen molar-refractivity contribution in [2.24, 2.45) is 5.92 Å². The van der Waals surface area contributed by atoms with E-state index in [1.807, 2.05) is 24.3 Å². The van der Waals surface area contributed by atoms with E-state index in [1.165, 1.54) is 0 Å². The molecule has 0 aromatic heterocycles. The summed E-state index contributed by atoms with van der Waals surface area (Å²) in [6.07, 6.45) is 4.03. The molecule has 3 rings (SSSR count). The average molecular weight is 289 g/mol. The summed E-state index contributed by atoms with van der Waals surface area (Å²) >= 11 is 0. The molecule has 0 spiro atoms. The zero-order valence-corrected chi connectivity index (χ0v) is 12.6. The Morgan fingerprint density at radius 1 is 1.38 bits per heavy atom.